The van der Waals surface area contributed by atoms with Gasteiger partial charge in [0.05, 0.1) is 11.4 Å². The number of carbonyl (C=O) groups is 2. The quantitative estimate of drug-likeness (QED) is 0.299. The molecule has 2 aromatic carbocycles. The fourth-order valence-corrected chi connectivity index (χ4v) is 2.21. The summed E-state index contributed by atoms with van der Waals surface area (Å²) in [6.07, 6.45) is 4.57. The second-order valence-electron chi connectivity index (χ2n) is 7.75. The van der Waals surface area contributed by atoms with Crippen LogP contribution in [-0.4, -0.2) is 30.0 Å². The first-order valence-corrected chi connectivity index (χ1v) is 12.4. The van der Waals surface area contributed by atoms with Crippen LogP contribution in [0.3, 0.4) is 0 Å². The van der Waals surface area contributed by atoms with Crippen molar-refractivity contribution in [2.24, 2.45) is 5.92 Å². The average molecular weight is 539 g/mol. The Morgan fingerprint density at radius 3 is 1.65 bits per heavy atom. The molecule has 0 spiro atoms. The van der Waals surface area contributed by atoms with Gasteiger partial charge in [-0.2, -0.15) is 8.42 Å². The monoisotopic (exact) mass is 538 g/mol. The van der Waals surface area contributed by atoms with E-state index in [0.717, 1.165) is 17.4 Å². The molecule has 0 aromatic heterocycles. The molecule has 0 radical (unpaired) electrons. The zero-order valence-electron chi connectivity index (χ0n) is 22.0. The molecule has 9 heteroatoms. The van der Waals surface area contributed by atoms with Crippen molar-refractivity contribution < 1.29 is 62.3 Å². The zero-order chi connectivity index (χ0) is 28.1. The van der Waals surface area contributed by atoms with Crippen molar-refractivity contribution in [1.82, 2.24) is 0 Å². The molecule has 0 atom stereocenters. The molecule has 0 aliphatic rings. The molecule has 2 rings (SSSR count). The van der Waals surface area contributed by atoms with Crippen LogP contribution >= 0.6 is 0 Å². The molecule has 0 heterocycles. The number of benzene rings is 2. The van der Waals surface area contributed by atoms with Crippen LogP contribution in [0.1, 0.15) is 44.7 Å². The van der Waals surface area contributed by atoms with E-state index in [0.29, 0.717) is 12.3 Å². The molecule has 0 saturated heterocycles. The molecule has 2 aromatic rings. The van der Waals surface area contributed by atoms with Gasteiger partial charge in [0.2, 0.25) is 0 Å². The standard InChI is InChI=1S/C8H8O3S.C8H14O2.C8H8.C4H6O2.Na/c9-12(10,11)7-6-8-4-2-1-3-5-8;1-6(2)4-5-7(3)8(9)10;1-2-8-6-4-3-5-7-8;1-3(2)4(5)6;/h1-7H,(H,9,10,11);6H,3-5H2,1-2H3,(H,9,10);2-7H,1H2;1H2,2H3,(H,5,6);/q;;;;+1/p-1. The van der Waals surface area contributed by atoms with Gasteiger partial charge < -0.3 is 15.0 Å². The van der Waals surface area contributed by atoms with Gasteiger partial charge in [0.25, 0.3) is 10.1 Å². The normalized spacial score (nSPS) is 9.65. The topological polar surface area (TPSA) is 132 Å². The molecule has 2 N–H and O–H groups in total. The molecule has 7 nitrogen and oxygen atoms in total. The van der Waals surface area contributed by atoms with Crippen LogP contribution in [-0.2, 0) is 19.7 Å². The van der Waals surface area contributed by atoms with Crippen LogP contribution in [0, 0.1) is 5.92 Å². The molecule has 0 aliphatic carbocycles. The van der Waals surface area contributed by atoms with E-state index in [9.17, 15) is 23.1 Å². The molecule has 0 amide bonds. The Labute approximate surface area is 243 Å². The van der Waals surface area contributed by atoms with Gasteiger partial charge in [-0.05, 0) is 48.5 Å². The third-order valence-electron chi connectivity index (χ3n) is 3.94. The van der Waals surface area contributed by atoms with Crippen molar-refractivity contribution in [3.05, 3.63) is 108 Å². The smallest absolute Gasteiger partial charge is 0.545 e. The third kappa shape index (κ3) is 27.7. The summed E-state index contributed by atoms with van der Waals surface area (Å²) in [6, 6.07) is 18.9. The van der Waals surface area contributed by atoms with Gasteiger partial charge in [0.1, 0.15) is 0 Å². The van der Waals surface area contributed by atoms with Gasteiger partial charge >= 0.3 is 35.5 Å². The van der Waals surface area contributed by atoms with Crippen molar-refractivity contribution >= 4 is 34.2 Å². The Bertz CT molecular complexity index is 1080. The Morgan fingerprint density at radius 2 is 1.38 bits per heavy atom. The van der Waals surface area contributed by atoms with Gasteiger partial charge in [-0.25, -0.2) is 4.79 Å². The fourth-order valence-electron chi connectivity index (χ4n) is 1.88. The van der Waals surface area contributed by atoms with E-state index in [1.54, 1.807) is 24.3 Å². The minimum absolute atomic E-state index is 0. The van der Waals surface area contributed by atoms with Gasteiger partial charge in [-0.3, -0.25) is 4.55 Å². The van der Waals surface area contributed by atoms with Crippen molar-refractivity contribution in [3.8, 4) is 0 Å². The summed E-state index contributed by atoms with van der Waals surface area (Å²) >= 11 is 0. The Hall–Kier alpha value is -2.75. The van der Waals surface area contributed by atoms with Crippen molar-refractivity contribution in [2.75, 3.05) is 0 Å². The summed E-state index contributed by atoms with van der Waals surface area (Å²) in [5.74, 6) is -1.54. The Balaban J connectivity index is -0.000000425. The van der Waals surface area contributed by atoms with Crippen molar-refractivity contribution in [1.29, 1.82) is 0 Å². The van der Waals surface area contributed by atoms with E-state index in [-0.39, 0.29) is 40.7 Å². The van der Waals surface area contributed by atoms with E-state index in [4.69, 9.17) is 9.66 Å². The number of carboxylic acid groups (broad SMARTS) is 2. The Kier molecular flexibility index (Phi) is 23.5. The predicted octanol–water partition coefficient (Wildman–Crippen LogP) is 2.25. The van der Waals surface area contributed by atoms with Gasteiger partial charge in [0, 0.05) is 5.57 Å². The van der Waals surface area contributed by atoms with Crippen LogP contribution in [0.2, 0.25) is 0 Å². The maximum atomic E-state index is 10.3. The molecule has 0 saturated carbocycles. The number of carbonyl (C=O) groups excluding carboxylic acids is 1. The maximum absolute atomic E-state index is 10.3. The molecule has 0 fully saturated rings. The van der Waals surface area contributed by atoms with E-state index in [2.05, 4.69) is 19.7 Å². The van der Waals surface area contributed by atoms with Crippen molar-refractivity contribution in [2.45, 2.75) is 33.6 Å². The second-order valence-corrected chi connectivity index (χ2v) is 9.05. The number of carboxylic acids is 2. The van der Waals surface area contributed by atoms with Crippen LogP contribution in [0.4, 0.5) is 0 Å². The molecule has 196 valence electrons. The first-order valence-electron chi connectivity index (χ1n) is 10.9. The molecule has 0 unspecified atom stereocenters. The first-order chi connectivity index (χ1) is 16.7. The zero-order valence-corrected chi connectivity index (χ0v) is 24.8. The third-order valence-corrected chi connectivity index (χ3v) is 4.42. The van der Waals surface area contributed by atoms with Crippen LogP contribution in [0.15, 0.2) is 97.0 Å². The summed E-state index contributed by atoms with van der Waals surface area (Å²) in [5, 5.41) is 18.7. The van der Waals surface area contributed by atoms with E-state index in [1.165, 1.54) is 18.6 Å². The van der Waals surface area contributed by atoms with E-state index >= 15 is 0 Å². The largest absolute Gasteiger partial charge is 1.00 e. The summed E-state index contributed by atoms with van der Waals surface area (Å²) in [5.41, 5.74) is 2.28. The molecular formula is C28H35NaO7S. The number of hydrogen-bond donors (Lipinski definition) is 2. The summed E-state index contributed by atoms with van der Waals surface area (Å²) < 4.78 is 28.9. The van der Waals surface area contributed by atoms with E-state index < -0.39 is 22.1 Å². The summed E-state index contributed by atoms with van der Waals surface area (Å²) in [4.78, 5) is 19.7. The number of aliphatic carboxylic acids is 2. The number of hydrogen-bond acceptors (Lipinski definition) is 5. The maximum Gasteiger partial charge on any atom is 1.00 e. The van der Waals surface area contributed by atoms with Crippen LogP contribution in [0.5, 0.6) is 0 Å². The molecule has 37 heavy (non-hydrogen) atoms. The van der Waals surface area contributed by atoms with Gasteiger partial charge in [-0.15, -0.1) is 0 Å². The van der Waals surface area contributed by atoms with Crippen molar-refractivity contribution in [3.63, 3.8) is 0 Å². The Morgan fingerprint density at radius 1 is 0.973 bits per heavy atom. The van der Waals surface area contributed by atoms with E-state index in [1.807, 2.05) is 56.3 Å². The summed E-state index contributed by atoms with van der Waals surface area (Å²) in [7, 11) is -4.00. The van der Waals surface area contributed by atoms with Gasteiger partial charge in [0.15, 0.2) is 0 Å². The SMILES string of the molecule is C=C(C)C(=O)O.C=C(CCC(C)C)C(=O)[O-].C=Cc1ccccc1.O=S(=O)(O)C=Cc1ccccc1.[Na+]. The second kappa shape index (κ2) is 22.4. The molecule has 0 aliphatic heterocycles. The van der Waals surface area contributed by atoms with Gasteiger partial charge in [-0.1, -0.05) is 100 Å². The van der Waals surface area contributed by atoms with Crippen LogP contribution in [0.25, 0.3) is 12.2 Å². The average Bonchev–Trinajstić information content (AvgIpc) is 2.83. The molecular weight excluding hydrogens is 503 g/mol. The first kappa shape index (κ1) is 38.8. The minimum atomic E-state index is -4.00. The molecule has 0 bridgehead atoms. The number of rotatable bonds is 8. The fraction of sp³-hybridized carbons (Fsp3) is 0.214. The summed E-state index contributed by atoms with van der Waals surface area (Å²) in [6.45, 7) is 15.7. The predicted molar refractivity (Wildman–Crippen MR) is 144 cm³/mol. The minimum Gasteiger partial charge on any atom is -0.545 e. The van der Waals surface area contributed by atoms with Crippen LogP contribution < -0.4 is 34.7 Å².